The maximum Gasteiger partial charge on any atom is 0.472 e. The predicted octanol–water partition coefficient (Wildman–Crippen LogP) is 21.0. The second-order valence-corrected chi connectivity index (χ2v) is 24.3. The summed E-state index contributed by atoms with van der Waals surface area (Å²) >= 11 is 0. The number of carbonyl (C=O) groups excluding carboxylic acids is 4. The predicted molar refractivity (Wildman–Crippen MR) is 340 cm³/mol. The summed E-state index contributed by atoms with van der Waals surface area (Å²) in [5, 5.41) is 0. The Morgan fingerprint density at radius 1 is 0.370 bits per heavy atom. The van der Waals surface area contributed by atoms with Gasteiger partial charge in [0, 0.05) is 25.7 Å². The van der Waals surface area contributed by atoms with Crippen LogP contribution in [0.15, 0.2) is 48.6 Å². The highest BCUT2D eigenvalue weighted by Gasteiger charge is 2.28. The van der Waals surface area contributed by atoms with Gasteiger partial charge in [-0.25, -0.2) is 4.57 Å². The number of rotatable bonds is 62. The van der Waals surface area contributed by atoms with Gasteiger partial charge in [-0.15, -0.1) is 0 Å². The first-order chi connectivity index (χ1) is 39.6. The van der Waals surface area contributed by atoms with Crippen molar-refractivity contribution < 1.29 is 47.2 Å². The Morgan fingerprint density at radius 2 is 0.654 bits per heavy atom. The molecule has 2 atom stereocenters. The monoisotopic (exact) mass is 1160 g/mol. The van der Waals surface area contributed by atoms with Gasteiger partial charge in [-0.3, -0.25) is 33.1 Å². The van der Waals surface area contributed by atoms with Gasteiger partial charge >= 0.3 is 19.8 Å². The van der Waals surface area contributed by atoms with Gasteiger partial charge in [0.2, 0.25) is 11.8 Å². The van der Waals surface area contributed by atoms with E-state index in [9.17, 15) is 28.6 Å². The number of amides is 2. The van der Waals surface area contributed by atoms with E-state index in [1.165, 1.54) is 108 Å². The third-order valence-corrected chi connectivity index (χ3v) is 15.9. The van der Waals surface area contributed by atoms with Crippen molar-refractivity contribution in [3.63, 3.8) is 0 Å². The lowest BCUT2D eigenvalue weighted by atomic mass is 10.1. The van der Waals surface area contributed by atoms with Gasteiger partial charge in [-0.1, -0.05) is 230 Å². The number of hydrogen-bond acceptors (Lipinski definition) is 9. The first-order valence-electron chi connectivity index (χ1n) is 34.0. The normalized spacial score (nSPS) is 13.0. The molecule has 0 rings (SSSR count). The molecule has 81 heavy (non-hydrogen) atoms. The molecule has 0 bridgehead atoms. The lowest BCUT2D eigenvalue weighted by Crippen LogP contribution is -2.39. The lowest BCUT2D eigenvalue weighted by molar-refractivity contribution is -0.161. The molecule has 11 nitrogen and oxygen atoms in total. The molecule has 1 unspecified atom stereocenters. The van der Waals surface area contributed by atoms with Crippen LogP contribution in [0.25, 0.3) is 0 Å². The highest BCUT2D eigenvalue weighted by molar-refractivity contribution is 7.47. The van der Waals surface area contributed by atoms with E-state index in [1.54, 1.807) is 0 Å². The van der Waals surface area contributed by atoms with E-state index >= 15 is 0 Å². The van der Waals surface area contributed by atoms with Crippen LogP contribution in [0.2, 0.25) is 0 Å². The highest BCUT2D eigenvalue weighted by Crippen LogP contribution is 2.43. The minimum atomic E-state index is -4.75. The zero-order chi connectivity index (χ0) is 59.2. The molecule has 0 heterocycles. The van der Waals surface area contributed by atoms with Crippen molar-refractivity contribution >= 4 is 31.6 Å². The summed E-state index contributed by atoms with van der Waals surface area (Å²) < 4.78 is 35.2. The Balaban J connectivity index is 5.35. The third-order valence-electron chi connectivity index (χ3n) is 14.9. The minimum absolute atomic E-state index is 0.163. The van der Waals surface area contributed by atoms with Crippen LogP contribution in [0, 0.1) is 0 Å². The van der Waals surface area contributed by atoms with Crippen LogP contribution < -0.4 is 0 Å². The Kier molecular flexibility index (Phi) is 59.5. The quantitative estimate of drug-likeness (QED) is 0.0270. The first kappa shape index (κ1) is 78.1. The molecule has 0 aliphatic heterocycles. The first-order valence-corrected chi connectivity index (χ1v) is 35.5. The zero-order valence-corrected chi connectivity index (χ0v) is 53.9. The average Bonchev–Trinajstić information content (AvgIpc) is 3.46. The summed E-state index contributed by atoms with van der Waals surface area (Å²) in [5.41, 5.74) is 0. The maximum absolute atomic E-state index is 13.6. The molecular formula is C69H126NO10P. The van der Waals surface area contributed by atoms with Crippen LogP contribution in [0.3, 0.4) is 0 Å². The second-order valence-electron chi connectivity index (χ2n) is 22.8. The number of carbonyl (C=O) groups is 4. The number of esters is 2. The van der Waals surface area contributed by atoms with Gasteiger partial charge in [-0.05, 0) is 128 Å². The molecule has 0 aromatic heterocycles. The average molecular weight is 1160 g/mol. The van der Waals surface area contributed by atoms with E-state index in [1.807, 2.05) is 0 Å². The summed E-state index contributed by atoms with van der Waals surface area (Å²) in [7, 11) is -4.75. The van der Waals surface area contributed by atoms with Crippen LogP contribution in [-0.2, 0) is 42.3 Å². The van der Waals surface area contributed by atoms with Gasteiger partial charge in [0.25, 0.3) is 0 Å². The Labute approximate surface area is 498 Å². The van der Waals surface area contributed by atoms with E-state index in [-0.39, 0.29) is 50.6 Å². The molecule has 0 aliphatic rings. The van der Waals surface area contributed by atoms with E-state index < -0.39 is 39.1 Å². The van der Waals surface area contributed by atoms with Crippen molar-refractivity contribution in [2.75, 3.05) is 26.4 Å². The van der Waals surface area contributed by atoms with Crippen LogP contribution in [0.1, 0.15) is 336 Å². The molecule has 0 aromatic rings. The van der Waals surface area contributed by atoms with E-state index in [0.717, 1.165) is 154 Å². The number of phosphoric ester groups is 1. The maximum atomic E-state index is 13.6. The third kappa shape index (κ3) is 57.4. The van der Waals surface area contributed by atoms with Crippen LogP contribution in [0.5, 0.6) is 0 Å². The van der Waals surface area contributed by atoms with Gasteiger partial charge in [-0.2, -0.15) is 0 Å². The molecular weight excluding hydrogens is 1030 g/mol. The van der Waals surface area contributed by atoms with Crippen LogP contribution >= 0.6 is 7.82 Å². The summed E-state index contributed by atoms with van der Waals surface area (Å²) in [6.07, 6.45) is 66.4. The summed E-state index contributed by atoms with van der Waals surface area (Å²) in [4.78, 5) is 65.1. The number of ether oxygens (including phenoxy) is 2. The molecule has 0 fully saturated rings. The fourth-order valence-electron chi connectivity index (χ4n) is 9.70. The van der Waals surface area contributed by atoms with Crippen LogP contribution in [-0.4, -0.2) is 66.0 Å². The molecule has 2 amide bonds. The fraction of sp³-hybridized carbons (Fsp3) is 0.826. The molecule has 0 saturated carbocycles. The number of allylic oxidation sites excluding steroid dienone is 8. The van der Waals surface area contributed by atoms with Crippen molar-refractivity contribution in [2.45, 2.75) is 342 Å². The molecule has 0 spiro atoms. The van der Waals surface area contributed by atoms with Crippen molar-refractivity contribution in [1.29, 1.82) is 0 Å². The molecule has 0 aliphatic carbocycles. The molecule has 0 aromatic carbocycles. The smallest absolute Gasteiger partial charge is 0.462 e. The SMILES string of the molecule is CCCCCC/C=C\CCCCCCCC(=O)OC[C@H](COP(=O)(O)OCCN(C(=O)CCCCCCC/C=C\CCCCCC)C(=O)CCCCCCC/C=C\CCCCCC)OC(=O)CCCCCCC/C=C\CCCCCC. The van der Waals surface area contributed by atoms with Crippen molar-refractivity contribution in [2.24, 2.45) is 0 Å². The number of nitrogens with zero attached hydrogens (tertiary/aromatic N) is 1. The summed E-state index contributed by atoms with van der Waals surface area (Å²) in [6, 6.07) is 0. The molecule has 1 N–H and O–H groups in total. The Morgan fingerprint density at radius 3 is 0.988 bits per heavy atom. The minimum Gasteiger partial charge on any atom is -0.462 e. The molecule has 0 saturated heterocycles. The van der Waals surface area contributed by atoms with E-state index in [4.69, 9.17) is 18.5 Å². The summed E-state index contributed by atoms with van der Waals surface area (Å²) in [6.45, 7) is 7.45. The van der Waals surface area contributed by atoms with Gasteiger partial charge in [0.05, 0.1) is 19.8 Å². The van der Waals surface area contributed by atoms with Crippen molar-refractivity contribution in [1.82, 2.24) is 4.90 Å². The van der Waals surface area contributed by atoms with E-state index in [2.05, 4.69) is 76.3 Å². The standard InChI is InChI=1S/C69H126NO10P/c1-5-9-13-17-21-25-29-33-37-41-45-49-53-57-66(71)70(67(72)58-54-50-46-42-38-34-30-26-22-18-14-10-6-2)61-62-78-81(75,76)79-64-65(80-69(74)60-56-52-48-44-40-36-32-28-24-20-16-12-8-4)63-77-68(73)59-55-51-47-43-39-35-31-27-23-19-15-11-7-3/h25-32,65H,5-24,33-64H2,1-4H3,(H,75,76)/b29-25-,30-26-,31-27-,32-28-/t65-/m1/s1. The number of hydrogen-bond donors (Lipinski definition) is 1. The Hall–Kier alpha value is -2.85. The zero-order valence-electron chi connectivity index (χ0n) is 53.0. The second kappa shape index (κ2) is 61.7. The molecule has 12 heteroatoms. The molecule has 472 valence electrons. The fourth-order valence-corrected chi connectivity index (χ4v) is 10.4. The highest BCUT2D eigenvalue weighted by atomic mass is 31.2. The molecule has 0 radical (unpaired) electrons. The Bertz CT molecular complexity index is 1560. The topological polar surface area (TPSA) is 146 Å². The number of phosphoric acid groups is 1. The summed E-state index contributed by atoms with van der Waals surface area (Å²) in [5.74, 6) is -1.55. The largest absolute Gasteiger partial charge is 0.472 e. The van der Waals surface area contributed by atoms with Crippen molar-refractivity contribution in [3.8, 4) is 0 Å². The number of unbranched alkanes of at least 4 members (excludes halogenated alkanes) is 36. The van der Waals surface area contributed by atoms with E-state index in [0.29, 0.717) is 25.7 Å². The number of imide groups is 1. The van der Waals surface area contributed by atoms with Gasteiger partial charge in [0.15, 0.2) is 6.10 Å². The van der Waals surface area contributed by atoms with Crippen molar-refractivity contribution in [3.05, 3.63) is 48.6 Å². The van der Waals surface area contributed by atoms with Crippen LogP contribution in [0.4, 0.5) is 0 Å². The van der Waals surface area contributed by atoms with Gasteiger partial charge < -0.3 is 14.4 Å². The van der Waals surface area contributed by atoms with Gasteiger partial charge in [0.1, 0.15) is 6.61 Å². The lowest BCUT2D eigenvalue weighted by Gasteiger charge is -2.23.